The van der Waals surface area contributed by atoms with Crippen molar-refractivity contribution in [2.24, 2.45) is 13.0 Å². The van der Waals surface area contributed by atoms with Gasteiger partial charge in [-0.25, -0.2) is 14.4 Å². The fraction of sp³-hybridized carbons (Fsp3) is 0.333. The zero-order valence-corrected chi connectivity index (χ0v) is 22.2. The Kier molecular flexibility index (Phi) is 6.77. The first-order valence-electron chi connectivity index (χ1n) is 12.5. The van der Waals surface area contributed by atoms with Gasteiger partial charge in [-0.2, -0.15) is 13.2 Å². The van der Waals surface area contributed by atoms with Crippen LogP contribution in [0.2, 0.25) is 5.02 Å². The number of aryl methyl sites for hydroxylation is 2. The summed E-state index contributed by atoms with van der Waals surface area (Å²) in [5, 5.41) is 9.06. The number of hydrogen-bond donors (Lipinski definition) is 1. The highest BCUT2D eigenvalue weighted by molar-refractivity contribution is 6.32. The van der Waals surface area contributed by atoms with Gasteiger partial charge in [0.25, 0.3) is 5.56 Å². The fourth-order valence-corrected chi connectivity index (χ4v) is 5.31. The van der Waals surface area contributed by atoms with Crippen molar-refractivity contribution < 1.29 is 23.1 Å². The van der Waals surface area contributed by atoms with Crippen LogP contribution in [0.25, 0.3) is 16.7 Å². The van der Waals surface area contributed by atoms with E-state index in [4.69, 9.17) is 11.6 Å². The molecule has 1 aliphatic rings. The lowest BCUT2D eigenvalue weighted by molar-refractivity contribution is -0.137. The molecule has 5 rings (SSSR count). The summed E-state index contributed by atoms with van der Waals surface area (Å²) in [6.45, 7) is 1.62. The third-order valence-corrected chi connectivity index (χ3v) is 7.70. The molecule has 2 heterocycles. The second-order valence-corrected chi connectivity index (χ2v) is 10.2. The van der Waals surface area contributed by atoms with Gasteiger partial charge in [0.2, 0.25) is 0 Å². The zero-order chi connectivity index (χ0) is 29.1. The van der Waals surface area contributed by atoms with Crippen LogP contribution < -0.4 is 16.9 Å². The maximum Gasteiger partial charge on any atom is 0.417 e. The lowest BCUT2D eigenvalue weighted by atomic mass is 10.1. The minimum Gasteiger partial charge on any atom is -0.477 e. The summed E-state index contributed by atoms with van der Waals surface area (Å²) in [5.41, 5.74) is -2.41. The van der Waals surface area contributed by atoms with Crippen LogP contribution in [0.3, 0.4) is 0 Å². The quantitative estimate of drug-likeness (QED) is 0.357. The van der Waals surface area contributed by atoms with Crippen LogP contribution >= 0.6 is 11.6 Å². The second-order valence-electron chi connectivity index (χ2n) is 9.85. The molecule has 0 bridgehead atoms. The van der Waals surface area contributed by atoms with Crippen molar-refractivity contribution in [1.29, 1.82) is 0 Å². The summed E-state index contributed by atoms with van der Waals surface area (Å²) in [5.74, 6) is -1.26. The van der Waals surface area contributed by atoms with E-state index in [1.54, 1.807) is 23.7 Å². The third kappa shape index (κ3) is 4.55. The molecule has 2 aromatic heterocycles. The lowest BCUT2D eigenvalue weighted by Crippen LogP contribution is -2.42. The first kappa shape index (κ1) is 27.5. The van der Waals surface area contributed by atoms with Crippen LogP contribution in [0, 0.1) is 5.92 Å². The Morgan fingerprint density at radius 2 is 1.77 bits per heavy atom. The van der Waals surface area contributed by atoms with Gasteiger partial charge in [0.1, 0.15) is 5.56 Å². The largest absolute Gasteiger partial charge is 0.477 e. The number of carbonyl (C=O) groups is 1. The van der Waals surface area contributed by atoms with E-state index < -0.39 is 46.1 Å². The van der Waals surface area contributed by atoms with Gasteiger partial charge >= 0.3 is 23.5 Å². The molecule has 4 aromatic rings. The van der Waals surface area contributed by atoms with E-state index in [1.807, 2.05) is 6.92 Å². The van der Waals surface area contributed by atoms with Crippen molar-refractivity contribution in [3.63, 3.8) is 0 Å². The molecule has 1 fully saturated rings. The SMILES string of the molecule is CCc1c(-n2cc(C(=O)O)c(=O)n(Cc3cccc(C(F)(F)F)c3Cl)c2=O)ccc2c1n(CC1CC1)c(=O)n2C. The van der Waals surface area contributed by atoms with E-state index in [0.717, 1.165) is 35.7 Å². The van der Waals surface area contributed by atoms with Crippen molar-refractivity contribution >= 4 is 28.6 Å². The van der Waals surface area contributed by atoms with Crippen LogP contribution in [0.5, 0.6) is 0 Å². The van der Waals surface area contributed by atoms with Gasteiger partial charge < -0.3 is 5.11 Å². The smallest absolute Gasteiger partial charge is 0.417 e. The highest BCUT2D eigenvalue weighted by Crippen LogP contribution is 2.36. The molecule has 0 spiro atoms. The number of aromatic nitrogens is 4. The highest BCUT2D eigenvalue weighted by atomic mass is 35.5. The molecule has 0 aliphatic heterocycles. The summed E-state index contributed by atoms with van der Waals surface area (Å²) >= 11 is 6.01. The number of carboxylic acid groups (broad SMARTS) is 1. The van der Waals surface area contributed by atoms with Crippen LogP contribution in [0.4, 0.5) is 13.2 Å². The summed E-state index contributed by atoms with van der Waals surface area (Å²) < 4.78 is 44.9. The van der Waals surface area contributed by atoms with Crippen LogP contribution in [0.1, 0.15) is 46.8 Å². The first-order chi connectivity index (χ1) is 18.8. The average molecular weight is 577 g/mol. The Hall–Kier alpha value is -4.06. The Balaban J connectivity index is 1.77. The normalized spacial score (nSPS) is 13.8. The monoisotopic (exact) mass is 576 g/mol. The number of halogens is 4. The van der Waals surface area contributed by atoms with Crippen molar-refractivity contribution in [2.45, 2.75) is 45.5 Å². The number of fused-ring (bicyclic) bond motifs is 1. The average Bonchev–Trinajstić information content (AvgIpc) is 3.68. The number of alkyl halides is 3. The van der Waals surface area contributed by atoms with Gasteiger partial charge in [-0.1, -0.05) is 30.7 Å². The molecule has 0 atom stereocenters. The molecular weight excluding hydrogens is 553 g/mol. The van der Waals surface area contributed by atoms with E-state index >= 15 is 0 Å². The van der Waals surface area contributed by atoms with E-state index in [0.29, 0.717) is 40.0 Å². The van der Waals surface area contributed by atoms with Crippen LogP contribution in [-0.2, 0) is 32.7 Å². The van der Waals surface area contributed by atoms with Gasteiger partial charge in [-0.05, 0) is 48.9 Å². The third-order valence-electron chi connectivity index (χ3n) is 7.25. The maximum atomic E-state index is 13.7. The molecule has 0 unspecified atom stereocenters. The zero-order valence-electron chi connectivity index (χ0n) is 21.5. The van der Waals surface area contributed by atoms with E-state index in [1.165, 1.54) is 10.6 Å². The van der Waals surface area contributed by atoms with Gasteiger partial charge in [0.05, 0.1) is 33.9 Å². The van der Waals surface area contributed by atoms with E-state index in [9.17, 15) is 37.5 Å². The predicted octanol–water partition coefficient (Wildman–Crippen LogP) is 4.04. The molecule has 9 nitrogen and oxygen atoms in total. The molecule has 0 radical (unpaired) electrons. The Bertz CT molecular complexity index is 1860. The maximum absolute atomic E-state index is 13.7. The van der Waals surface area contributed by atoms with Crippen molar-refractivity contribution in [3.05, 3.63) is 95.1 Å². The Morgan fingerprint density at radius 1 is 1.07 bits per heavy atom. The second kappa shape index (κ2) is 9.84. The molecule has 1 N–H and O–H groups in total. The Morgan fingerprint density at radius 3 is 2.38 bits per heavy atom. The number of imidazole rings is 1. The topological polar surface area (TPSA) is 108 Å². The molecule has 0 amide bonds. The summed E-state index contributed by atoms with van der Waals surface area (Å²) in [7, 11) is 1.64. The predicted molar refractivity (Wildman–Crippen MR) is 142 cm³/mol. The van der Waals surface area contributed by atoms with Crippen LogP contribution in [-0.4, -0.2) is 29.3 Å². The molecular formula is C27H24ClF3N4O5. The minimum atomic E-state index is -4.78. The minimum absolute atomic E-state index is 0.183. The van der Waals surface area contributed by atoms with Crippen molar-refractivity contribution in [1.82, 2.24) is 18.3 Å². The van der Waals surface area contributed by atoms with E-state index in [2.05, 4.69) is 0 Å². The number of aromatic carboxylic acids is 1. The van der Waals surface area contributed by atoms with E-state index in [-0.39, 0.29) is 16.9 Å². The molecule has 13 heteroatoms. The molecule has 1 aliphatic carbocycles. The van der Waals surface area contributed by atoms with Gasteiger partial charge in [-0.3, -0.25) is 23.1 Å². The van der Waals surface area contributed by atoms with Crippen molar-refractivity contribution in [2.75, 3.05) is 0 Å². The Labute approximate surface area is 229 Å². The van der Waals surface area contributed by atoms with Gasteiger partial charge in [0.15, 0.2) is 0 Å². The fourth-order valence-electron chi connectivity index (χ4n) is 5.02. The summed E-state index contributed by atoms with van der Waals surface area (Å²) in [6.07, 6.45) is -1.53. The number of nitrogens with zero attached hydrogens (tertiary/aromatic N) is 4. The number of carboxylic acids is 1. The highest BCUT2D eigenvalue weighted by Gasteiger charge is 2.34. The lowest BCUT2D eigenvalue weighted by Gasteiger charge is -2.17. The number of hydrogen-bond acceptors (Lipinski definition) is 4. The van der Waals surface area contributed by atoms with Crippen molar-refractivity contribution in [3.8, 4) is 5.69 Å². The van der Waals surface area contributed by atoms with Crippen LogP contribution in [0.15, 0.2) is 50.9 Å². The standard InChI is InChI=1S/C27H24ClF3N4O5/c1-3-16-19(9-10-20-22(16)34(11-14-7-8-14)25(39)32(20)2)33-13-17(24(37)38)23(36)35(26(33)40)12-15-5-4-6-18(21(15)28)27(29,30)31/h4-6,9-10,13-14H,3,7-8,11-12H2,1-2H3,(H,37,38). The summed E-state index contributed by atoms with van der Waals surface area (Å²) in [6, 6.07) is 6.28. The number of benzene rings is 2. The van der Waals surface area contributed by atoms with Gasteiger partial charge in [0, 0.05) is 25.4 Å². The molecule has 0 saturated heterocycles. The van der Waals surface area contributed by atoms with Gasteiger partial charge in [-0.15, -0.1) is 0 Å². The molecule has 210 valence electrons. The first-order valence-corrected chi connectivity index (χ1v) is 12.9. The molecule has 1 saturated carbocycles. The molecule has 40 heavy (non-hydrogen) atoms. The number of rotatable bonds is 7. The summed E-state index contributed by atoms with van der Waals surface area (Å²) in [4.78, 5) is 51.8. The molecule has 2 aromatic carbocycles.